The number of rotatable bonds is 3. The van der Waals surface area contributed by atoms with E-state index in [-0.39, 0.29) is 0 Å². The van der Waals surface area contributed by atoms with Crippen molar-refractivity contribution in [2.45, 2.75) is 83.7 Å². The van der Waals surface area contributed by atoms with Crippen LogP contribution in [0.5, 0.6) is 0 Å². The van der Waals surface area contributed by atoms with E-state index in [9.17, 15) is 0 Å². The minimum atomic E-state index is 0.317. The molecule has 2 rings (SSSR count). The first-order valence-electron chi connectivity index (χ1n) is 8.58. The van der Waals surface area contributed by atoms with Crippen LogP contribution in [-0.2, 0) is 0 Å². The third-order valence-corrected chi connectivity index (χ3v) is 5.96. The van der Waals surface area contributed by atoms with Crippen molar-refractivity contribution < 1.29 is 0 Å². The molecule has 0 radical (unpaired) electrons. The second-order valence-electron chi connectivity index (χ2n) is 7.32. The fourth-order valence-corrected chi connectivity index (χ4v) is 4.43. The summed E-state index contributed by atoms with van der Waals surface area (Å²) in [5, 5.41) is 0. The lowest BCUT2D eigenvalue weighted by Crippen LogP contribution is -2.59. The highest BCUT2D eigenvalue weighted by Crippen LogP contribution is 2.39. The van der Waals surface area contributed by atoms with Crippen molar-refractivity contribution in [3.63, 3.8) is 0 Å². The molecular formula is C17H34N2. The van der Waals surface area contributed by atoms with E-state index in [1.54, 1.807) is 0 Å². The molecule has 19 heavy (non-hydrogen) atoms. The highest BCUT2D eigenvalue weighted by atomic mass is 15.2. The van der Waals surface area contributed by atoms with Gasteiger partial charge >= 0.3 is 0 Å². The molecule has 0 aromatic rings. The Morgan fingerprint density at radius 3 is 2.58 bits per heavy atom. The maximum Gasteiger partial charge on any atom is 0.0334 e. The summed E-state index contributed by atoms with van der Waals surface area (Å²) in [7, 11) is 0. The SMILES string of the molecule is CCC1CCCC(CN)(N2CC(C)CCC2C)CC1. The van der Waals surface area contributed by atoms with Crippen LogP contribution in [-0.4, -0.2) is 29.6 Å². The fraction of sp³-hybridized carbons (Fsp3) is 1.00. The molecule has 0 spiro atoms. The summed E-state index contributed by atoms with van der Waals surface area (Å²) in [6, 6.07) is 0.734. The molecule has 1 aliphatic heterocycles. The molecule has 0 bridgehead atoms. The second-order valence-corrected chi connectivity index (χ2v) is 7.32. The lowest BCUT2D eigenvalue weighted by atomic mass is 9.82. The maximum atomic E-state index is 6.29. The first kappa shape index (κ1) is 15.3. The molecule has 4 unspecified atom stereocenters. The summed E-state index contributed by atoms with van der Waals surface area (Å²) < 4.78 is 0. The van der Waals surface area contributed by atoms with Gasteiger partial charge in [0.15, 0.2) is 0 Å². The van der Waals surface area contributed by atoms with E-state index < -0.39 is 0 Å². The van der Waals surface area contributed by atoms with Crippen LogP contribution in [0.3, 0.4) is 0 Å². The van der Waals surface area contributed by atoms with Crippen molar-refractivity contribution in [3.8, 4) is 0 Å². The summed E-state index contributed by atoms with van der Waals surface area (Å²) in [6.07, 6.45) is 11.0. The first-order chi connectivity index (χ1) is 9.11. The van der Waals surface area contributed by atoms with Gasteiger partial charge in [0.1, 0.15) is 0 Å². The first-order valence-corrected chi connectivity index (χ1v) is 8.58. The molecule has 1 heterocycles. The van der Waals surface area contributed by atoms with Crippen molar-refractivity contribution in [2.75, 3.05) is 13.1 Å². The molecule has 4 atom stereocenters. The molecule has 2 fully saturated rings. The van der Waals surface area contributed by atoms with Crippen LogP contribution in [0.4, 0.5) is 0 Å². The summed E-state index contributed by atoms with van der Waals surface area (Å²) in [5.41, 5.74) is 6.61. The Labute approximate surface area is 120 Å². The van der Waals surface area contributed by atoms with E-state index >= 15 is 0 Å². The Balaban J connectivity index is 2.11. The number of likely N-dealkylation sites (tertiary alicyclic amines) is 1. The smallest absolute Gasteiger partial charge is 0.0334 e. The molecule has 0 aromatic heterocycles. The second kappa shape index (κ2) is 6.58. The van der Waals surface area contributed by atoms with Gasteiger partial charge in [0.25, 0.3) is 0 Å². The fourth-order valence-electron chi connectivity index (χ4n) is 4.43. The predicted octanol–water partition coefficient (Wildman–Crippen LogP) is 3.79. The van der Waals surface area contributed by atoms with Crippen molar-refractivity contribution in [2.24, 2.45) is 17.6 Å². The molecule has 0 aromatic carbocycles. The standard InChI is InChI=1S/C17H34N2/c1-4-16-6-5-10-17(13-18,11-9-16)19-12-14(2)7-8-15(19)3/h14-16H,4-13,18H2,1-3H3. The number of nitrogens with two attached hydrogens (primary N) is 1. The Morgan fingerprint density at radius 2 is 1.89 bits per heavy atom. The molecule has 1 saturated heterocycles. The van der Waals surface area contributed by atoms with E-state index in [1.165, 1.54) is 57.9 Å². The van der Waals surface area contributed by atoms with Crippen LogP contribution in [0.25, 0.3) is 0 Å². The van der Waals surface area contributed by atoms with Gasteiger partial charge in [-0.3, -0.25) is 4.90 Å². The zero-order valence-corrected chi connectivity index (χ0v) is 13.3. The number of hydrogen-bond acceptors (Lipinski definition) is 2. The Kier molecular flexibility index (Phi) is 5.30. The molecule has 2 nitrogen and oxygen atoms in total. The van der Waals surface area contributed by atoms with E-state index in [0.717, 1.165) is 24.4 Å². The third kappa shape index (κ3) is 3.33. The maximum absolute atomic E-state index is 6.29. The molecule has 1 saturated carbocycles. The van der Waals surface area contributed by atoms with E-state index in [4.69, 9.17) is 5.73 Å². The number of hydrogen-bond donors (Lipinski definition) is 1. The predicted molar refractivity (Wildman–Crippen MR) is 83.2 cm³/mol. The van der Waals surface area contributed by atoms with Crippen LogP contribution in [0.1, 0.15) is 72.1 Å². The van der Waals surface area contributed by atoms with Gasteiger partial charge in [-0.2, -0.15) is 0 Å². The third-order valence-electron chi connectivity index (χ3n) is 5.96. The largest absolute Gasteiger partial charge is 0.329 e. The average Bonchev–Trinajstić information content (AvgIpc) is 2.64. The summed E-state index contributed by atoms with van der Waals surface area (Å²) >= 11 is 0. The van der Waals surface area contributed by atoms with Crippen LogP contribution >= 0.6 is 0 Å². The van der Waals surface area contributed by atoms with Gasteiger partial charge in [-0.1, -0.05) is 33.1 Å². The number of nitrogens with zero attached hydrogens (tertiary/aromatic N) is 1. The lowest BCUT2D eigenvalue weighted by molar-refractivity contribution is -0.000148. The van der Waals surface area contributed by atoms with Crippen LogP contribution in [0.15, 0.2) is 0 Å². The highest BCUT2D eigenvalue weighted by molar-refractivity contribution is 4.98. The van der Waals surface area contributed by atoms with Gasteiger partial charge < -0.3 is 5.73 Å². The van der Waals surface area contributed by atoms with E-state index in [1.807, 2.05) is 0 Å². The molecular weight excluding hydrogens is 232 g/mol. The molecule has 1 aliphatic carbocycles. The summed E-state index contributed by atoms with van der Waals surface area (Å²) in [5.74, 6) is 1.80. The Hall–Kier alpha value is -0.0800. The van der Waals surface area contributed by atoms with Crippen LogP contribution < -0.4 is 5.73 Å². The monoisotopic (exact) mass is 266 g/mol. The topological polar surface area (TPSA) is 29.3 Å². The minimum absolute atomic E-state index is 0.317. The van der Waals surface area contributed by atoms with Crippen molar-refractivity contribution >= 4 is 0 Å². The van der Waals surface area contributed by atoms with Gasteiger partial charge in [-0.05, 0) is 50.9 Å². The summed E-state index contributed by atoms with van der Waals surface area (Å²) in [6.45, 7) is 9.32. The van der Waals surface area contributed by atoms with Gasteiger partial charge in [0.2, 0.25) is 0 Å². The van der Waals surface area contributed by atoms with Gasteiger partial charge in [-0.15, -0.1) is 0 Å². The van der Waals surface area contributed by atoms with Gasteiger partial charge in [-0.25, -0.2) is 0 Å². The van der Waals surface area contributed by atoms with E-state index in [2.05, 4.69) is 25.7 Å². The highest BCUT2D eigenvalue weighted by Gasteiger charge is 2.41. The molecule has 112 valence electrons. The Bertz CT molecular complexity index is 278. The molecule has 2 aliphatic rings. The normalized spacial score (nSPS) is 42.0. The average molecular weight is 266 g/mol. The number of piperidine rings is 1. The lowest BCUT2D eigenvalue weighted by Gasteiger charge is -2.50. The Morgan fingerprint density at radius 1 is 1.11 bits per heavy atom. The van der Waals surface area contributed by atoms with Crippen LogP contribution in [0, 0.1) is 11.8 Å². The van der Waals surface area contributed by atoms with Crippen molar-refractivity contribution in [1.29, 1.82) is 0 Å². The minimum Gasteiger partial charge on any atom is -0.329 e. The zero-order valence-electron chi connectivity index (χ0n) is 13.3. The molecule has 0 amide bonds. The zero-order chi connectivity index (χ0) is 13.9. The van der Waals surface area contributed by atoms with Gasteiger partial charge in [0.05, 0.1) is 0 Å². The summed E-state index contributed by atoms with van der Waals surface area (Å²) in [4.78, 5) is 2.80. The van der Waals surface area contributed by atoms with Crippen molar-refractivity contribution in [1.82, 2.24) is 4.90 Å². The molecule has 2 N–H and O–H groups in total. The van der Waals surface area contributed by atoms with E-state index in [0.29, 0.717) is 5.54 Å². The quantitative estimate of drug-likeness (QED) is 0.787. The van der Waals surface area contributed by atoms with Crippen LogP contribution in [0.2, 0.25) is 0 Å². The van der Waals surface area contributed by atoms with Crippen molar-refractivity contribution in [3.05, 3.63) is 0 Å². The molecule has 2 heteroatoms. The van der Waals surface area contributed by atoms with Gasteiger partial charge in [0, 0.05) is 24.7 Å².